The first-order chi connectivity index (χ1) is 18.3. The molecule has 2 atom stereocenters. The molecule has 1 fully saturated rings. The Labute approximate surface area is 221 Å². The number of pyridine rings is 1. The van der Waals surface area contributed by atoms with Crippen molar-refractivity contribution in [3.8, 4) is 11.5 Å². The molecule has 0 bridgehead atoms. The molecule has 0 saturated carbocycles. The number of alkyl halides is 3. The first kappa shape index (κ1) is 24.7. The largest absolute Gasteiger partial charge is 0.452 e. The molecular weight excluding hydrogens is 521 g/mol. The lowest BCUT2D eigenvalue weighted by Crippen LogP contribution is -2.40. The average Bonchev–Trinajstić information content (AvgIpc) is 3.58. The molecule has 5 heterocycles. The summed E-state index contributed by atoms with van der Waals surface area (Å²) >= 11 is 6.64. The van der Waals surface area contributed by atoms with Crippen molar-refractivity contribution in [1.29, 1.82) is 0 Å². The lowest BCUT2D eigenvalue weighted by molar-refractivity contribution is -0.156. The summed E-state index contributed by atoms with van der Waals surface area (Å²) in [6, 6.07) is 5.90. The SMILES string of the molecule is C[C@@H]1CN(c2c(Cl)cnc3cc(-c4ncco4)ccc23)CC[C@@H]1/C=N/N1CCc2c(noc2C(F)(F)F)C1. The minimum absolute atomic E-state index is 0.139. The summed E-state index contributed by atoms with van der Waals surface area (Å²) in [7, 11) is 0. The zero-order chi connectivity index (χ0) is 26.4. The Hall–Kier alpha value is -3.60. The molecule has 0 unspecified atom stereocenters. The lowest BCUT2D eigenvalue weighted by atomic mass is 9.87. The molecule has 2 aliphatic heterocycles. The van der Waals surface area contributed by atoms with Gasteiger partial charge in [-0.2, -0.15) is 18.3 Å². The monoisotopic (exact) mass is 544 g/mol. The van der Waals surface area contributed by atoms with Gasteiger partial charge in [0.1, 0.15) is 12.0 Å². The molecule has 6 rings (SSSR count). The van der Waals surface area contributed by atoms with E-state index in [9.17, 15) is 13.2 Å². The van der Waals surface area contributed by atoms with Crippen molar-refractivity contribution in [2.24, 2.45) is 16.9 Å². The van der Waals surface area contributed by atoms with E-state index in [0.29, 0.717) is 23.2 Å². The number of aromatic nitrogens is 3. The van der Waals surface area contributed by atoms with Gasteiger partial charge in [-0.3, -0.25) is 9.99 Å². The maximum Gasteiger partial charge on any atom is 0.452 e. The third-order valence-electron chi connectivity index (χ3n) is 7.26. The second kappa shape index (κ2) is 9.61. The van der Waals surface area contributed by atoms with E-state index in [4.69, 9.17) is 16.0 Å². The van der Waals surface area contributed by atoms with Crippen LogP contribution in [0.25, 0.3) is 22.4 Å². The van der Waals surface area contributed by atoms with Crippen LogP contribution in [0.4, 0.5) is 18.9 Å². The number of anilines is 1. The van der Waals surface area contributed by atoms with Crippen molar-refractivity contribution in [3.05, 3.63) is 58.9 Å². The third-order valence-corrected chi connectivity index (χ3v) is 7.54. The van der Waals surface area contributed by atoms with Crippen molar-refractivity contribution < 1.29 is 22.1 Å². The van der Waals surface area contributed by atoms with Crippen molar-refractivity contribution >= 4 is 34.4 Å². The molecule has 0 N–H and O–H groups in total. The minimum Gasteiger partial charge on any atom is -0.445 e. The van der Waals surface area contributed by atoms with Crippen LogP contribution >= 0.6 is 11.6 Å². The van der Waals surface area contributed by atoms with E-state index < -0.39 is 11.9 Å². The Balaban J connectivity index is 1.15. The third kappa shape index (κ3) is 4.59. The summed E-state index contributed by atoms with van der Waals surface area (Å²) in [4.78, 5) is 11.0. The highest BCUT2D eigenvalue weighted by Crippen LogP contribution is 2.38. The van der Waals surface area contributed by atoms with Crippen LogP contribution in [-0.2, 0) is 19.1 Å². The van der Waals surface area contributed by atoms with Crippen LogP contribution in [0, 0.1) is 11.8 Å². The number of fused-ring (bicyclic) bond motifs is 2. The van der Waals surface area contributed by atoms with E-state index in [-0.39, 0.29) is 30.4 Å². The van der Waals surface area contributed by atoms with Crippen LogP contribution in [0.2, 0.25) is 5.02 Å². The van der Waals surface area contributed by atoms with Crippen molar-refractivity contribution in [2.75, 3.05) is 24.5 Å². The highest BCUT2D eigenvalue weighted by atomic mass is 35.5. The molecule has 1 aromatic carbocycles. The van der Waals surface area contributed by atoms with Crippen LogP contribution in [0.1, 0.15) is 30.4 Å². The van der Waals surface area contributed by atoms with Crippen molar-refractivity contribution in [3.63, 3.8) is 0 Å². The van der Waals surface area contributed by atoms with Crippen LogP contribution < -0.4 is 4.90 Å². The maximum atomic E-state index is 13.1. The van der Waals surface area contributed by atoms with Gasteiger partial charge in [-0.15, -0.1) is 0 Å². The van der Waals surface area contributed by atoms with Gasteiger partial charge in [-0.05, 0) is 37.0 Å². The second-order valence-electron chi connectivity index (χ2n) is 9.74. The molecule has 1 saturated heterocycles. The molecule has 2 aliphatic rings. The normalized spacial score (nSPS) is 20.4. The average molecular weight is 545 g/mol. The molecule has 0 radical (unpaired) electrons. The Bertz CT molecular complexity index is 1490. The van der Waals surface area contributed by atoms with Crippen LogP contribution in [0.5, 0.6) is 0 Å². The zero-order valence-electron chi connectivity index (χ0n) is 20.5. The van der Waals surface area contributed by atoms with Gasteiger partial charge in [-0.25, -0.2) is 4.98 Å². The number of nitrogens with zero attached hydrogens (tertiary/aromatic N) is 6. The number of halogens is 4. The highest BCUT2D eigenvalue weighted by Gasteiger charge is 2.41. The maximum absolute atomic E-state index is 13.1. The first-order valence-electron chi connectivity index (χ1n) is 12.3. The van der Waals surface area contributed by atoms with Gasteiger partial charge in [-0.1, -0.05) is 23.7 Å². The molecule has 0 aliphatic carbocycles. The first-order valence-corrected chi connectivity index (χ1v) is 12.7. The van der Waals surface area contributed by atoms with E-state index in [1.165, 1.54) is 6.26 Å². The van der Waals surface area contributed by atoms with E-state index in [0.717, 1.165) is 41.7 Å². The quantitative estimate of drug-likeness (QED) is 0.289. The van der Waals surface area contributed by atoms with Gasteiger partial charge in [0.05, 0.1) is 29.0 Å². The van der Waals surface area contributed by atoms with Crippen LogP contribution in [0.3, 0.4) is 0 Å². The summed E-state index contributed by atoms with van der Waals surface area (Å²) in [5, 5.41) is 11.5. The molecule has 3 aromatic heterocycles. The van der Waals surface area contributed by atoms with E-state index >= 15 is 0 Å². The number of hydrazone groups is 1. The molecule has 8 nitrogen and oxygen atoms in total. The summed E-state index contributed by atoms with van der Waals surface area (Å²) < 4.78 is 49.2. The molecule has 198 valence electrons. The van der Waals surface area contributed by atoms with Crippen molar-refractivity contribution in [2.45, 2.75) is 32.5 Å². The second-order valence-corrected chi connectivity index (χ2v) is 10.1. The fourth-order valence-corrected chi connectivity index (χ4v) is 5.55. The minimum atomic E-state index is -4.53. The van der Waals surface area contributed by atoms with Crippen LogP contribution in [-0.4, -0.2) is 46.0 Å². The summed E-state index contributed by atoms with van der Waals surface area (Å²) in [5.74, 6) is 0.0447. The van der Waals surface area contributed by atoms with E-state index in [2.05, 4.69) is 36.6 Å². The standard InChI is InChI=1S/C26H24ClF3N6O2/c1-15-13-35(23-18-3-2-16(25-31-6-9-37-25)10-21(18)32-12-20(23)27)7-4-17(15)11-33-36-8-5-19-22(14-36)34-38-24(19)26(28,29)30/h2-3,6,9-12,15,17H,4-5,7-8,13-14H2,1H3/b33-11+/t15-,17-/m1/s1. The number of benzene rings is 1. The number of piperidine rings is 1. The van der Waals surface area contributed by atoms with Crippen LogP contribution in [0.15, 0.2) is 50.9 Å². The van der Waals surface area contributed by atoms with Gasteiger partial charge < -0.3 is 13.8 Å². The summed E-state index contributed by atoms with van der Waals surface area (Å²) in [6.07, 6.45) is 3.27. The van der Waals surface area contributed by atoms with Gasteiger partial charge in [0.25, 0.3) is 0 Å². The predicted octanol–water partition coefficient (Wildman–Crippen LogP) is 6.06. The molecule has 12 heteroatoms. The highest BCUT2D eigenvalue weighted by molar-refractivity contribution is 6.34. The molecule has 38 heavy (non-hydrogen) atoms. The number of rotatable bonds is 4. The van der Waals surface area contributed by atoms with E-state index in [1.54, 1.807) is 17.4 Å². The molecule has 4 aromatic rings. The Kier molecular flexibility index (Phi) is 6.25. The van der Waals surface area contributed by atoms with Gasteiger partial charge in [0.2, 0.25) is 11.7 Å². The fraction of sp³-hybridized carbons (Fsp3) is 0.385. The van der Waals surface area contributed by atoms with E-state index in [1.807, 2.05) is 24.4 Å². The predicted molar refractivity (Wildman–Crippen MR) is 136 cm³/mol. The number of hydrogen-bond donors (Lipinski definition) is 0. The topological polar surface area (TPSA) is 83.8 Å². The number of oxazole rings is 1. The Morgan fingerprint density at radius 2 is 2.08 bits per heavy atom. The fourth-order valence-electron chi connectivity index (χ4n) is 5.28. The van der Waals surface area contributed by atoms with Crippen molar-refractivity contribution in [1.82, 2.24) is 20.1 Å². The van der Waals surface area contributed by atoms with Gasteiger partial charge >= 0.3 is 6.18 Å². The smallest absolute Gasteiger partial charge is 0.445 e. The van der Waals surface area contributed by atoms with Gasteiger partial charge in [0, 0.05) is 54.5 Å². The number of hydrogen-bond acceptors (Lipinski definition) is 8. The summed E-state index contributed by atoms with van der Waals surface area (Å²) in [5.41, 5.74) is 3.04. The Morgan fingerprint density at radius 1 is 1.21 bits per heavy atom. The molecule has 0 spiro atoms. The molecule has 0 amide bonds. The Morgan fingerprint density at radius 3 is 2.84 bits per heavy atom. The summed E-state index contributed by atoms with van der Waals surface area (Å²) in [6.45, 7) is 4.31. The molecular formula is C26H24ClF3N6O2. The lowest BCUT2D eigenvalue weighted by Gasteiger charge is -2.38. The zero-order valence-corrected chi connectivity index (χ0v) is 21.2. The van der Waals surface area contributed by atoms with Gasteiger partial charge in [0.15, 0.2) is 0 Å².